The third kappa shape index (κ3) is 3.03. The number of carbonyl (C=O) groups excluding carboxylic acids is 2. The summed E-state index contributed by atoms with van der Waals surface area (Å²) in [6.45, 7) is 7.41. The van der Waals surface area contributed by atoms with Crippen LogP contribution in [-0.2, 0) is 15.9 Å². The van der Waals surface area contributed by atoms with Crippen LogP contribution in [0.3, 0.4) is 0 Å². The first-order valence-electron chi connectivity index (χ1n) is 8.51. The number of aryl methyl sites for hydroxylation is 1. The van der Waals surface area contributed by atoms with Crippen molar-refractivity contribution in [3.05, 3.63) is 41.7 Å². The lowest BCUT2D eigenvalue weighted by Crippen LogP contribution is -2.27. The highest BCUT2D eigenvalue weighted by atomic mass is 16.6. The van der Waals surface area contributed by atoms with E-state index in [-0.39, 0.29) is 5.69 Å². The second-order valence-electron chi connectivity index (χ2n) is 7.03. The van der Waals surface area contributed by atoms with Gasteiger partial charge in [-0.3, -0.25) is 0 Å². The monoisotopic (exact) mass is 354 g/mol. The summed E-state index contributed by atoms with van der Waals surface area (Å²) in [4.78, 5) is 29.3. The average Bonchev–Trinajstić information content (AvgIpc) is 2.93. The third-order valence-corrected chi connectivity index (χ3v) is 4.03. The number of methoxy groups -OCH3 is 1. The van der Waals surface area contributed by atoms with Crippen LogP contribution in [0.5, 0.6) is 0 Å². The molecule has 0 bridgehead atoms. The molecular weight excluding hydrogens is 332 g/mol. The van der Waals surface area contributed by atoms with Gasteiger partial charge in [0.25, 0.3) is 0 Å². The zero-order valence-corrected chi connectivity index (χ0v) is 15.6. The van der Waals surface area contributed by atoms with Gasteiger partial charge in [0, 0.05) is 10.8 Å². The third-order valence-electron chi connectivity index (χ3n) is 4.03. The van der Waals surface area contributed by atoms with Gasteiger partial charge in [-0.05, 0) is 39.3 Å². The van der Waals surface area contributed by atoms with E-state index in [1.807, 2.05) is 52.0 Å². The molecular formula is C20H22N2O4. The summed E-state index contributed by atoms with van der Waals surface area (Å²) in [6, 6.07) is 9.20. The SMILES string of the molecule is CCc1nc(C(=O)OC)cc2c3ccccc3n(C(=O)OC(C)(C)C)c12. The van der Waals surface area contributed by atoms with E-state index in [1.165, 1.54) is 7.11 Å². The molecule has 6 heteroatoms. The molecule has 6 nitrogen and oxygen atoms in total. The highest BCUT2D eigenvalue weighted by molar-refractivity contribution is 6.14. The molecule has 26 heavy (non-hydrogen) atoms. The van der Waals surface area contributed by atoms with E-state index in [0.717, 1.165) is 16.3 Å². The molecule has 0 spiro atoms. The fourth-order valence-corrected chi connectivity index (χ4v) is 3.02. The molecule has 0 atom stereocenters. The first-order chi connectivity index (χ1) is 12.3. The van der Waals surface area contributed by atoms with Crippen molar-refractivity contribution in [1.29, 1.82) is 0 Å². The minimum absolute atomic E-state index is 0.226. The van der Waals surface area contributed by atoms with E-state index in [1.54, 1.807) is 10.6 Å². The number of esters is 1. The van der Waals surface area contributed by atoms with Crippen LogP contribution in [0.15, 0.2) is 30.3 Å². The fraction of sp³-hybridized carbons (Fsp3) is 0.350. The Morgan fingerprint density at radius 1 is 1.15 bits per heavy atom. The van der Waals surface area contributed by atoms with Gasteiger partial charge in [0.05, 0.1) is 23.8 Å². The first-order valence-corrected chi connectivity index (χ1v) is 8.51. The van der Waals surface area contributed by atoms with Gasteiger partial charge in [-0.15, -0.1) is 0 Å². The van der Waals surface area contributed by atoms with Crippen molar-refractivity contribution in [3.8, 4) is 0 Å². The molecule has 0 N–H and O–H groups in total. The van der Waals surface area contributed by atoms with Crippen LogP contribution in [0, 0.1) is 0 Å². The summed E-state index contributed by atoms with van der Waals surface area (Å²) in [7, 11) is 1.32. The van der Waals surface area contributed by atoms with Gasteiger partial charge in [-0.2, -0.15) is 0 Å². The first kappa shape index (κ1) is 17.9. The van der Waals surface area contributed by atoms with Crippen LogP contribution < -0.4 is 0 Å². The number of carbonyl (C=O) groups is 2. The van der Waals surface area contributed by atoms with Crippen molar-refractivity contribution in [1.82, 2.24) is 9.55 Å². The summed E-state index contributed by atoms with van der Waals surface area (Å²) in [5.74, 6) is -0.504. The highest BCUT2D eigenvalue weighted by Crippen LogP contribution is 2.32. The maximum absolute atomic E-state index is 12.9. The Bertz CT molecular complexity index is 1010. The molecule has 3 rings (SSSR count). The van der Waals surface area contributed by atoms with Gasteiger partial charge >= 0.3 is 12.1 Å². The molecule has 0 radical (unpaired) electrons. The lowest BCUT2D eigenvalue weighted by Gasteiger charge is -2.20. The van der Waals surface area contributed by atoms with Crippen molar-refractivity contribution >= 4 is 33.9 Å². The number of ether oxygens (including phenoxy) is 2. The Morgan fingerprint density at radius 2 is 1.85 bits per heavy atom. The minimum Gasteiger partial charge on any atom is -0.464 e. The van der Waals surface area contributed by atoms with Crippen molar-refractivity contribution in [2.45, 2.75) is 39.7 Å². The number of rotatable bonds is 2. The number of fused-ring (bicyclic) bond motifs is 3. The Morgan fingerprint density at radius 3 is 2.46 bits per heavy atom. The molecule has 136 valence electrons. The van der Waals surface area contributed by atoms with E-state index in [4.69, 9.17) is 9.47 Å². The summed E-state index contributed by atoms with van der Waals surface area (Å²) in [5, 5.41) is 1.63. The number of nitrogens with zero attached hydrogens (tertiary/aromatic N) is 2. The maximum Gasteiger partial charge on any atom is 0.419 e. The van der Waals surface area contributed by atoms with Crippen molar-refractivity contribution < 1.29 is 19.1 Å². The van der Waals surface area contributed by atoms with Gasteiger partial charge < -0.3 is 9.47 Å². The summed E-state index contributed by atoms with van der Waals surface area (Å²) in [6.07, 6.45) is 0.0894. The van der Waals surface area contributed by atoms with E-state index in [2.05, 4.69) is 4.98 Å². The number of para-hydroxylation sites is 1. The largest absolute Gasteiger partial charge is 0.464 e. The standard InChI is InChI=1S/C20H22N2O4/c1-6-14-17-13(11-15(21-14)18(23)25-5)12-9-7-8-10-16(12)22(17)19(24)26-20(2,3)4/h7-11H,6H2,1-5H3. The Labute approximate surface area is 151 Å². The van der Waals surface area contributed by atoms with Crippen molar-refractivity contribution in [2.75, 3.05) is 7.11 Å². The predicted octanol–water partition coefficient (Wildman–Crippen LogP) is 4.32. The number of hydrogen-bond donors (Lipinski definition) is 0. The number of aromatic nitrogens is 2. The summed E-state index contributed by atoms with van der Waals surface area (Å²) in [5.41, 5.74) is 1.63. The molecule has 0 amide bonds. The molecule has 3 aromatic rings. The van der Waals surface area contributed by atoms with E-state index in [0.29, 0.717) is 17.6 Å². The number of pyridine rings is 1. The minimum atomic E-state index is -0.624. The molecule has 0 saturated carbocycles. The number of benzene rings is 1. The Kier molecular flexibility index (Phi) is 4.44. The topological polar surface area (TPSA) is 70.4 Å². The van der Waals surface area contributed by atoms with Gasteiger partial charge in [0.15, 0.2) is 0 Å². The zero-order valence-electron chi connectivity index (χ0n) is 15.6. The zero-order chi connectivity index (χ0) is 19.1. The van der Waals surface area contributed by atoms with Crippen LogP contribution in [-0.4, -0.2) is 34.3 Å². The van der Waals surface area contributed by atoms with E-state index < -0.39 is 17.7 Å². The van der Waals surface area contributed by atoms with Crippen molar-refractivity contribution in [3.63, 3.8) is 0 Å². The maximum atomic E-state index is 12.9. The average molecular weight is 354 g/mol. The van der Waals surface area contributed by atoms with E-state index in [9.17, 15) is 9.59 Å². The lowest BCUT2D eigenvalue weighted by atomic mass is 10.1. The van der Waals surface area contributed by atoms with Gasteiger partial charge in [-0.1, -0.05) is 25.1 Å². The second kappa shape index (κ2) is 6.44. The van der Waals surface area contributed by atoms with Gasteiger partial charge in [0.2, 0.25) is 0 Å². The van der Waals surface area contributed by atoms with Crippen LogP contribution in [0.4, 0.5) is 4.79 Å². The number of hydrogen-bond acceptors (Lipinski definition) is 5. The quantitative estimate of drug-likeness (QED) is 0.641. The highest BCUT2D eigenvalue weighted by Gasteiger charge is 2.25. The van der Waals surface area contributed by atoms with Gasteiger partial charge in [0.1, 0.15) is 11.3 Å². The van der Waals surface area contributed by atoms with E-state index >= 15 is 0 Å². The normalized spacial score (nSPS) is 11.7. The summed E-state index contributed by atoms with van der Waals surface area (Å²) < 4.78 is 12.0. The lowest BCUT2D eigenvalue weighted by molar-refractivity contribution is 0.0550. The summed E-state index contributed by atoms with van der Waals surface area (Å²) >= 11 is 0. The molecule has 0 unspecified atom stereocenters. The second-order valence-corrected chi connectivity index (χ2v) is 7.03. The van der Waals surface area contributed by atoms with Crippen LogP contribution in [0.1, 0.15) is 43.9 Å². The molecule has 1 aromatic carbocycles. The van der Waals surface area contributed by atoms with Crippen LogP contribution in [0.25, 0.3) is 21.8 Å². The Hall–Kier alpha value is -2.89. The Balaban J connectivity index is 2.39. The molecule has 0 aliphatic rings. The molecule has 0 fully saturated rings. The molecule has 2 aromatic heterocycles. The fourth-order valence-electron chi connectivity index (χ4n) is 3.02. The smallest absolute Gasteiger partial charge is 0.419 e. The van der Waals surface area contributed by atoms with Gasteiger partial charge in [-0.25, -0.2) is 19.1 Å². The molecule has 0 aliphatic carbocycles. The van der Waals surface area contributed by atoms with Crippen LogP contribution in [0.2, 0.25) is 0 Å². The van der Waals surface area contributed by atoms with Crippen molar-refractivity contribution in [2.24, 2.45) is 0 Å². The van der Waals surface area contributed by atoms with Crippen LogP contribution >= 0.6 is 0 Å². The molecule has 0 saturated heterocycles. The molecule has 2 heterocycles. The molecule has 0 aliphatic heterocycles. The predicted molar refractivity (Wildman–Crippen MR) is 99.6 cm³/mol.